The van der Waals surface area contributed by atoms with E-state index in [1.54, 1.807) is 0 Å². The molecule has 144 valence electrons. The van der Waals surface area contributed by atoms with Gasteiger partial charge in [-0.05, 0) is 52.0 Å². The zero-order valence-corrected chi connectivity index (χ0v) is 17.7. The normalized spacial score (nSPS) is 23.1. The number of nitrogens with zero attached hydrogens (tertiary/aromatic N) is 1. The van der Waals surface area contributed by atoms with E-state index in [1.165, 1.54) is 96.6 Å². The van der Waals surface area contributed by atoms with Gasteiger partial charge in [-0.1, -0.05) is 84.5 Å². The Hall–Kier alpha value is -0.0400. The summed E-state index contributed by atoms with van der Waals surface area (Å²) < 4.78 is 0. The van der Waals surface area contributed by atoms with Crippen LogP contribution in [0.5, 0.6) is 0 Å². The van der Waals surface area contributed by atoms with Crippen molar-refractivity contribution in [2.75, 3.05) is 13.1 Å². The van der Waals surface area contributed by atoms with Crippen molar-refractivity contribution < 1.29 is 0 Å². The highest BCUT2D eigenvalue weighted by molar-refractivity contribution is 4.82. The smallest absolute Gasteiger partial charge is 0.0125 e. The molecule has 1 aliphatic heterocycles. The molecule has 0 saturated carbocycles. The number of rotatable bonds is 8. The second-order valence-corrected chi connectivity index (χ2v) is 9.30. The monoisotopic (exact) mass is 337 g/mol. The van der Waals surface area contributed by atoms with Crippen LogP contribution in [0.4, 0.5) is 0 Å². The second kappa shape index (κ2) is 12.3. The lowest BCUT2D eigenvalue weighted by Gasteiger charge is -2.41. The summed E-state index contributed by atoms with van der Waals surface area (Å²) in [6.45, 7) is 14.7. The predicted octanol–water partition coefficient (Wildman–Crippen LogP) is 7.44. The van der Waals surface area contributed by atoms with E-state index in [0.29, 0.717) is 5.54 Å². The van der Waals surface area contributed by atoms with E-state index in [1.807, 2.05) is 0 Å². The van der Waals surface area contributed by atoms with E-state index in [2.05, 4.69) is 39.5 Å². The van der Waals surface area contributed by atoms with Crippen LogP contribution in [0.15, 0.2) is 0 Å². The first kappa shape index (κ1) is 22.0. The SMILES string of the molecule is CCCCCCCC(CC)C1CCCCCCCN(C(C)(C)C)C1. The van der Waals surface area contributed by atoms with Crippen LogP contribution in [0.1, 0.15) is 118 Å². The van der Waals surface area contributed by atoms with E-state index >= 15 is 0 Å². The van der Waals surface area contributed by atoms with Crippen LogP contribution in [0, 0.1) is 11.8 Å². The van der Waals surface area contributed by atoms with Gasteiger partial charge in [0.25, 0.3) is 0 Å². The molecule has 0 aromatic rings. The van der Waals surface area contributed by atoms with Crippen molar-refractivity contribution in [2.45, 2.75) is 124 Å². The summed E-state index contributed by atoms with van der Waals surface area (Å²) in [7, 11) is 0. The van der Waals surface area contributed by atoms with E-state index < -0.39 is 0 Å². The maximum absolute atomic E-state index is 2.81. The number of hydrogen-bond donors (Lipinski definition) is 0. The van der Waals surface area contributed by atoms with E-state index in [9.17, 15) is 0 Å². The molecule has 0 aromatic carbocycles. The first-order chi connectivity index (χ1) is 11.5. The van der Waals surface area contributed by atoms with Crippen molar-refractivity contribution in [3.8, 4) is 0 Å². The van der Waals surface area contributed by atoms with Crippen molar-refractivity contribution in [1.82, 2.24) is 4.90 Å². The minimum atomic E-state index is 0.330. The third kappa shape index (κ3) is 8.88. The van der Waals surface area contributed by atoms with Gasteiger partial charge in [-0.15, -0.1) is 0 Å². The van der Waals surface area contributed by atoms with Crippen molar-refractivity contribution in [2.24, 2.45) is 11.8 Å². The van der Waals surface area contributed by atoms with E-state index in [4.69, 9.17) is 0 Å². The molecule has 0 aromatic heterocycles. The largest absolute Gasteiger partial charge is 0.298 e. The Morgan fingerprint density at radius 3 is 2.21 bits per heavy atom. The Morgan fingerprint density at radius 2 is 1.54 bits per heavy atom. The van der Waals surface area contributed by atoms with Crippen LogP contribution in [0.3, 0.4) is 0 Å². The third-order valence-corrected chi connectivity index (χ3v) is 6.28. The van der Waals surface area contributed by atoms with Crippen LogP contribution in [0.25, 0.3) is 0 Å². The molecule has 1 fully saturated rings. The summed E-state index contributed by atoms with van der Waals surface area (Å²) >= 11 is 0. The van der Waals surface area contributed by atoms with Gasteiger partial charge in [-0.2, -0.15) is 0 Å². The van der Waals surface area contributed by atoms with Crippen molar-refractivity contribution in [3.05, 3.63) is 0 Å². The molecule has 2 unspecified atom stereocenters. The molecule has 0 N–H and O–H groups in total. The van der Waals surface area contributed by atoms with Crippen molar-refractivity contribution in [3.63, 3.8) is 0 Å². The molecule has 24 heavy (non-hydrogen) atoms. The van der Waals surface area contributed by atoms with Gasteiger partial charge in [0.05, 0.1) is 0 Å². The Bertz CT molecular complexity index is 291. The predicted molar refractivity (Wildman–Crippen MR) is 110 cm³/mol. The Kier molecular flexibility index (Phi) is 11.3. The molecule has 0 amide bonds. The first-order valence-electron chi connectivity index (χ1n) is 11.2. The first-order valence-corrected chi connectivity index (χ1v) is 11.2. The summed E-state index contributed by atoms with van der Waals surface area (Å²) in [6.07, 6.45) is 18.7. The summed E-state index contributed by atoms with van der Waals surface area (Å²) in [5, 5.41) is 0. The highest BCUT2D eigenvalue weighted by atomic mass is 15.2. The summed E-state index contributed by atoms with van der Waals surface area (Å²) in [4.78, 5) is 2.81. The molecule has 0 spiro atoms. The van der Waals surface area contributed by atoms with Crippen LogP contribution < -0.4 is 0 Å². The summed E-state index contributed by atoms with van der Waals surface area (Å²) in [5.41, 5.74) is 0.330. The van der Waals surface area contributed by atoms with Gasteiger partial charge in [0.15, 0.2) is 0 Å². The summed E-state index contributed by atoms with van der Waals surface area (Å²) in [5.74, 6) is 1.88. The molecule has 1 nitrogen and oxygen atoms in total. The van der Waals surface area contributed by atoms with Gasteiger partial charge in [-0.3, -0.25) is 4.90 Å². The highest BCUT2D eigenvalue weighted by Crippen LogP contribution is 2.31. The number of unbranched alkanes of at least 4 members (excludes halogenated alkanes) is 4. The Morgan fingerprint density at radius 1 is 0.875 bits per heavy atom. The zero-order chi connectivity index (χ0) is 17.8. The standard InChI is InChI=1S/C23H47N/c1-6-8-9-11-14-17-21(7-2)22-18-15-12-10-13-16-19-24(20-22)23(3,4)5/h21-22H,6-20H2,1-5H3. The van der Waals surface area contributed by atoms with E-state index in [0.717, 1.165) is 11.8 Å². The lowest BCUT2D eigenvalue weighted by atomic mass is 9.81. The van der Waals surface area contributed by atoms with Gasteiger partial charge in [0.1, 0.15) is 0 Å². The fraction of sp³-hybridized carbons (Fsp3) is 1.00. The van der Waals surface area contributed by atoms with E-state index in [-0.39, 0.29) is 0 Å². The van der Waals surface area contributed by atoms with Crippen LogP contribution in [-0.4, -0.2) is 23.5 Å². The molecule has 1 saturated heterocycles. The quantitative estimate of drug-likeness (QED) is 0.416. The van der Waals surface area contributed by atoms with Gasteiger partial charge >= 0.3 is 0 Å². The minimum absolute atomic E-state index is 0.330. The number of hydrogen-bond acceptors (Lipinski definition) is 1. The highest BCUT2D eigenvalue weighted by Gasteiger charge is 2.28. The molecule has 1 rings (SSSR count). The molecule has 0 aliphatic carbocycles. The molecule has 0 bridgehead atoms. The summed E-state index contributed by atoms with van der Waals surface area (Å²) in [6, 6.07) is 0. The zero-order valence-electron chi connectivity index (χ0n) is 17.7. The Balaban J connectivity index is 2.61. The average Bonchev–Trinajstić information content (AvgIpc) is 2.55. The topological polar surface area (TPSA) is 3.24 Å². The van der Waals surface area contributed by atoms with Crippen LogP contribution >= 0.6 is 0 Å². The maximum atomic E-state index is 2.81. The van der Waals surface area contributed by atoms with Crippen LogP contribution in [-0.2, 0) is 0 Å². The average molecular weight is 338 g/mol. The molecular weight excluding hydrogens is 290 g/mol. The fourth-order valence-electron chi connectivity index (χ4n) is 4.48. The molecule has 0 radical (unpaired) electrons. The second-order valence-electron chi connectivity index (χ2n) is 9.30. The minimum Gasteiger partial charge on any atom is -0.298 e. The fourth-order valence-corrected chi connectivity index (χ4v) is 4.48. The van der Waals surface area contributed by atoms with Crippen LogP contribution in [0.2, 0.25) is 0 Å². The molecular formula is C23H47N. The molecule has 1 heteroatoms. The van der Waals surface area contributed by atoms with Gasteiger partial charge in [0.2, 0.25) is 0 Å². The van der Waals surface area contributed by atoms with Gasteiger partial charge < -0.3 is 0 Å². The molecule has 1 aliphatic rings. The van der Waals surface area contributed by atoms with Crippen molar-refractivity contribution in [1.29, 1.82) is 0 Å². The van der Waals surface area contributed by atoms with Crippen molar-refractivity contribution >= 4 is 0 Å². The lowest BCUT2D eigenvalue weighted by Crippen LogP contribution is -2.46. The lowest BCUT2D eigenvalue weighted by molar-refractivity contribution is 0.0822. The molecule has 2 atom stereocenters. The Labute approximate surface area is 154 Å². The maximum Gasteiger partial charge on any atom is 0.0125 e. The molecule has 1 heterocycles. The van der Waals surface area contributed by atoms with Gasteiger partial charge in [-0.25, -0.2) is 0 Å². The third-order valence-electron chi connectivity index (χ3n) is 6.28. The van der Waals surface area contributed by atoms with Gasteiger partial charge in [0, 0.05) is 12.1 Å².